The highest BCUT2D eigenvalue weighted by Gasteiger charge is 2.34. The Balaban J connectivity index is 1.77. The third-order valence-corrected chi connectivity index (χ3v) is 5.52. The molecule has 30 heavy (non-hydrogen) atoms. The van der Waals surface area contributed by atoms with Crippen LogP contribution in [0.2, 0.25) is 0 Å². The third kappa shape index (κ3) is 5.33. The van der Waals surface area contributed by atoms with Gasteiger partial charge in [0.15, 0.2) is 0 Å². The van der Waals surface area contributed by atoms with E-state index in [0.29, 0.717) is 19.8 Å². The average Bonchev–Trinajstić information content (AvgIpc) is 3.15. The van der Waals surface area contributed by atoms with Crippen LogP contribution in [0, 0.1) is 0 Å². The summed E-state index contributed by atoms with van der Waals surface area (Å²) < 4.78 is 44.4. The van der Waals surface area contributed by atoms with Crippen LogP contribution in [-0.2, 0) is 10.9 Å². The molecule has 0 bridgehead atoms. The number of carbonyl (C=O) groups is 1. The zero-order chi connectivity index (χ0) is 21.7. The molecule has 2 aromatic carbocycles. The maximum atomic E-state index is 12.9. The zero-order valence-corrected chi connectivity index (χ0v) is 16.9. The highest BCUT2D eigenvalue weighted by atomic mass is 19.4. The molecule has 7 heteroatoms. The van der Waals surface area contributed by atoms with E-state index in [1.54, 1.807) is 36.4 Å². The minimum atomic E-state index is -4.35. The van der Waals surface area contributed by atoms with Crippen LogP contribution in [-0.4, -0.2) is 36.9 Å². The third-order valence-electron chi connectivity index (χ3n) is 5.52. The summed E-state index contributed by atoms with van der Waals surface area (Å²) in [6.45, 7) is 3.93. The number of unbranched alkanes of at least 4 members (excludes halogenated alkanes) is 1. The number of nitrogens with zero attached hydrogens (tertiary/aromatic N) is 1. The quantitative estimate of drug-likeness (QED) is 0.565. The minimum absolute atomic E-state index is 0.0739. The van der Waals surface area contributed by atoms with Crippen LogP contribution in [0.5, 0.6) is 0 Å². The van der Waals surface area contributed by atoms with Gasteiger partial charge in [-0.3, -0.25) is 0 Å². The number of rotatable bonds is 8. The zero-order valence-electron chi connectivity index (χ0n) is 16.9. The number of anilines is 1. The number of ether oxygens (including phenoxy) is 1. The molecule has 0 radical (unpaired) electrons. The van der Waals surface area contributed by atoms with Crippen molar-refractivity contribution >= 4 is 11.7 Å². The summed E-state index contributed by atoms with van der Waals surface area (Å²) in [5.41, 5.74) is 1.32. The monoisotopic (exact) mass is 421 g/mol. The Morgan fingerprint density at radius 1 is 1.13 bits per heavy atom. The van der Waals surface area contributed by atoms with Gasteiger partial charge in [-0.2, -0.15) is 13.2 Å². The number of aromatic carboxylic acids is 1. The van der Waals surface area contributed by atoms with Crippen LogP contribution in [0.15, 0.2) is 48.5 Å². The molecular weight excluding hydrogens is 395 g/mol. The van der Waals surface area contributed by atoms with E-state index in [1.807, 2.05) is 0 Å². The summed E-state index contributed by atoms with van der Waals surface area (Å²) >= 11 is 0. The Morgan fingerprint density at radius 3 is 2.37 bits per heavy atom. The highest BCUT2D eigenvalue weighted by molar-refractivity contribution is 5.88. The maximum absolute atomic E-state index is 12.9. The summed E-state index contributed by atoms with van der Waals surface area (Å²) in [7, 11) is 0. The first-order chi connectivity index (χ1) is 14.3. The van der Waals surface area contributed by atoms with Crippen molar-refractivity contribution in [3.63, 3.8) is 0 Å². The Bertz CT molecular complexity index is 834. The predicted molar refractivity (Wildman–Crippen MR) is 109 cm³/mol. The first-order valence-electron chi connectivity index (χ1n) is 10.1. The normalized spacial score (nSPS) is 19.3. The second-order valence-corrected chi connectivity index (χ2v) is 7.64. The summed E-state index contributed by atoms with van der Waals surface area (Å²) in [5.74, 6) is -0.906. The lowest BCUT2D eigenvalue weighted by molar-refractivity contribution is -0.137. The van der Waals surface area contributed by atoms with Crippen LogP contribution in [0.3, 0.4) is 0 Å². The Hall–Kier alpha value is -2.54. The van der Waals surface area contributed by atoms with Crippen LogP contribution in [0.25, 0.3) is 0 Å². The van der Waals surface area contributed by atoms with Gasteiger partial charge in [0, 0.05) is 24.8 Å². The molecule has 0 aliphatic carbocycles. The molecule has 3 rings (SSSR count). The standard InChI is InChI=1S/C23H26F3NO3/c1-2-3-12-30-15-21-13-18(16-4-8-19(9-5-16)23(24,25)26)14-27(21)20-10-6-17(7-11-20)22(28)29/h4-11,18,21H,2-3,12-15H2,1H3,(H,28,29)/t18?,21-/m0/s1. The Kier molecular flexibility index (Phi) is 7.02. The molecule has 1 heterocycles. The SMILES string of the molecule is CCCCOC[C@@H]1CC(c2ccc(C(F)(F)F)cc2)CN1c1ccc(C(=O)O)cc1. The van der Waals surface area contributed by atoms with Crippen molar-refractivity contribution in [1.82, 2.24) is 0 Å². The highest BCUT2D eigenvalue weighted by Crippen LogP contribution is 2.37. The number of benzene rings is 2. The molecule has 1 unspecified atom stereocenters. The average molecular weight is 421 g/mol. The van der Waals surface area contributed by atoms with E-state index in [0.717, 1.165) is 42.6 Å². The molecule has 162 valence electrons. The van der Waals surface area contributed by atoms with E-state index in [4.69, 9.17) is 9.84 Å². The van der Waals surface area contributed by atoms with Gasteiger partial charge in [0.05, 0.1) is 23.8 Å². The smallest absolute Gasteiger partial charge is 0.416 e. The molecule has 0 spiro atoms. The van der Waals surface area contributed by atoms with Gasteiger partial charge in [-0.15, -0.1) is 0 Å². The van der Waals surface area contributed by atoms with Crippen molar-refractivity contribution in [2.45, 2.75) is 44.3 Å². The molecule has 1 aliphatic heterocycles. The lowest BCUT2D eigenvalue weighted by atomic mass is 9.95. The number of alkyl halides is 3. The largest absolute Gasteiger partial charge is 0.478 e. The van der Waals surface area contributed by atoms with Crippen molar-refractivity contribution in [1.29, 1.82) is 0 Å². The Labute approximate surface area is 174 Å². The van der Waals surface area contributed by atoms with Crippen molar-refractivity contribution < 1.29 is 27.8 Å². The maximum Gasteiger partial charge on any atom is 0.416 e. The van der Waals surface area contributed by atoms with Gasteiger partial charge in [0.25, 0.3) is 0 Å². The first-order valence-corrected chi connectivity index (χ1v) is 10.1. The fourth-order valence-electron chi connectivity index (χ4n) is 3.84. The van der Waals surface area contributed by atoms with E-state index in [9.17, 15) is 18.0 Å². The number of hydrogen-bond acceptors (Lipinski definition) is 3. The summed E-state index contributed by atoms with van der Waals surface area (Å²) in [6.07, 6.45) is -1.57. The lowest BCUT2D eigenvalue weighted by Gasteiger charge is -2.27. The number of carboxylic acids is 1. The van der Waals surface area contributed by atoms with Crippen LogP contribution < -0.4 is 4.90 Å². The molecule has 1 fully saturated rings. The molecule has 0 aromatic heterocycles. The van der Waals surface area contributed by atoms with Gasteiger partial charge in [0.2, 0.25) is 0 Å². The second-order valence-electron chi connectivity index (χ2n) is 7.64. The van der Waals surface area contributed by atoms with E-state index in [1.165, 1.54) is 0 Å². The molecule has 0 saturated carbocycles. The topological polar surface area (TPSA) is 49.8 Å². The number of carboxylic acid groups (broad SMARTS) is 1. The molecular formula is C23H26F3NO3. The van der Waals surface area contributed by atoms with Crippen molar-refractivity contribution in [2.24, 2.45) is 0 Å². The summed E-state index contributed by atoms with van der Waals surface area (Å²) in [6, 6.07) is 12.1. The van der Waals surface area contributed by atoms with Gasteiger partial charge < -0.3 is 14.7 Å². The summed E-state index contributed by atoms with van der Waals surface area (Å²) in [4.78, 5) is 13.3. The van der Waals surface area contributed by atoms with E-state index >= 15 is 0 Å². The molecule has 0 amide bonds. The van der Waals surface area contributed by atoms with Gasteiger partial charge in [-0.05, 0) is 54.8 Å². The van der Waals surface area contributed by atoms with Crippen LogP contribution in [0.4, 0.5) is 18.9 Å². The van der Waals surface area contributed by atoms with Gasteiger partial charge >= 0.3 is 12.1 Å². The Morgan fingerprint density at radius 2 is 1.80 bits per heavy atom. The fourth-order valence-corrected chi connectivity index (χ4v) is 3.84. The van der Waals surface area contributed by atoms with Crippen molar-refractivity contribution in [2.75, 3.05) is 24.7 Å². The van der Waals surface area contributed by atoms with Gasteiger partial charge in [-0.25, -0.2) is 4.79 Å². The first kappa shape index (κ1) is 22.2. The van der Waals surface area contributed by atoms with Gasteiger partial charge in [0.1, 0.15) is 0 Å². The number of halogens is 3. The molecule has 1 N–H and O–H groups in total. The van der Waals surface area contributed by atoms with E-state index in [-0.39, 0.29) is 17.5 Å². The van der Waals surface area contributed by atoms with E-state index < -0.39 is 17.7 Å². The fraction of sp³-hybridized carbons (Fsp3) is 0.435. The predicted octanol–water partition coefficient (Wildman–Crippen LogP) is 5.58. The minimum Gasteiger partial charge on any atom is -0.478 e. The van der Waals surface area contributed by atoms with Gasteiger partial charge in [-0.1, -0.05) is 25.5 Å². The van der Waals surface area contributed by atoms with Crippen LogP contribution >= 0.6 is 0 Å². The molecule has 2 atom stereocenters. The van der Waals surface area contributed by atoms with E-state index in [2.05, 4.69) is 11.8 Å². The van der Waals surface area contributed by atoms with Crippen molar-refractivity contribution in [3.8, 4) is 0 Å². The summed E-state index contributed by atoms with van der Waals surface area (Å²) in [5, 5.41) is 9.12. The molecule has 2 aromatic rings. The number of hydrogen-bond donors (Lipinski definition) is 1. The molecule has 4 nitrogen and oxygen atoms in total. The van der Waals surface area contributed by atoms with Crippen molar-refractivity contribution in [3.05, 3.63) is 65.2 Å². The molecule has 1 aliphatic rings. The van der Waals surface area contributed by atoms with Crippen LogP contribution in [0.1, 0.15) is 53.6 Å². The molecule has 1 saturated heterocycles. The second kappa shape index (κ2) is 9.51. The lowest BCUT2D eigenvalue weighted by Crippen LogP contribution is -2.33.